The lowest BCUT2D eigenvalue weighted by molar-refractivity contribution is -0.135. The normalized spacial score (nSPS) is 19.5. The molecule has 0 aliphatic carbocycles. The van der Waals surface area contributed by atoms with Crippen LogP contribution in [0.3, 0.4) is 0 Å². The Morgan fingerprint density at radius 1 is 1.14 bits per heavy atom. The number of guanidine groups is 1. The number of hydrogen-bond donors (Lipinski definition) is 1. The number of likely N-dealkylation sites (tertiary alicyclic amines) is 1. The van der Waals surface area contributed by atoms with Crippen LogP contribution in [-0.2, 0) is 11.3 Å². The molecule has 28 heavy (non-hydrogen) atoms. The summed E-state index contributed by atoms with van der Waals surface area (Å²) in [6.07, 6.45) is 2.28. The van der Waals surface area contributed by atoms with Gasteiger partial charge >= 0.3 is 0 Å². The van der Waals surface area contributed by atoms with Crippen molar-refractivity contribution in [2.24, 2.45) is 4.99 Å². The Morgan fingerprint density at radius 3 is 2.32 bits per heavy atom. The second-order valence-corrected chi connectivity index (χ2v) is 7.43. The standard InChI is InChI=1S/C19H32N6O2.HI/c1-14-17(16(3)27-22-14)13-21-19(20-4)25-11-9-23(10-12-25)15(2)18(26)24-7-5-6-8-24;/h15H,5-13H2,1-4H3,(H,20,21);1H. The van der Waals surface area contributed by atoms with Crippen molar-refractivity contribution in [1.29, 1.82) is 0 Å². The second-order valence-electron chi connectivity index (χ2n) is 7.43. The van der Waals surface area contributed by atoms with Crippen LogP contribution in [0.4, 0.5) is 0 Å². The number of hydrogen-bond acceptors (Lipinski definition) is 5. The number of carbonyl (C=O) groups is 1. The highest BCUT2D eigenvalue weighted by Gasteiger charge is 2.30. The number of aryl methyl sites for hydroxylation is 2. The van der Waals surface area contributed by atoms with Gasteiger partial charge in [0, 0.05) is 58.4 Å². The van der Waals surface area contributed by atoms with E-state index in [0.29, 0.717) is 6.54 Å². The monoisotopic (exact) mass is 504 g/mol. The molecule has 0 saturated carbocycles. The number of carbonyl (C=O) groups excluding carboxylic acids is 1. The smallest absolute Gasteiger partial charge is 0.239 e. The third-order valence-electron chi connectivity index (χ3n) is 5.75. The molecule has 8 nitrogen and oxygen atoms in total. The van der Waals surface area contributed by atoms with Crippen molar-refractivity contribution in [1.82, 2.24) is 25.2 Å². The van der Waals surface area contributed by atoms with Crippen LogP contribution in [0.2, 0.25) is 0 Å². The maximum absolute atomic E-state index is 12.6. The summed E-state index contributed by atoms with van der Waals surface area (Å²) in [5, 5.41) is 7.42. The molecule has 1 N–H and O–H groups in total. The zero-order chi connectivity index (χ0) is 19.4. The first-order valence-electron chi connectivity index (χ1n) is 9.91. The van der Waals surface area contributed by atoms with Crippen molar-refractivity contribution >= 4 is 35.8 Å². The van der Waals surface area contributed by atoms with Gasteiger partial charge in [0.15, 0.2) is 5.96 Å². The molecule has 0 spiro atoms. The van der Waals surface area contributed by atoms with Crippen LogP contribution in [0.1, 0.15) is 36.8 Å². The minimum absolute atomic E-state index is 0. The van der Waals surface area contributed by atoms with Gasteiger partial charge in [0.25, 0.3) is 0 Å². The molecule has 3 rings (SSSR count). The summed E-state index contributed by atoms with van der Waals surface area (Å²) in [5.74, 6) is 2.00. The molecule has 2 saturated heterocycles. The average molecular weight is 504 g/mol. The topological polar surface area (TPSA) is 77.2 Å². The van der Waals surface area contributed by atoms with E-state index in [0.717, 1.165) is 75.1 Å². The largest absolute Gasteiger partial charge is 0.361 e. The number of amides is 1. The Hall–Kier alpha value is -1.36. The molecule has 2 aliphatic heterocycles. The van der Waals surface area contributed by atoms with Crippen LogP contribution >= 0.6 is 24.0 Å². The van der Waals surface area contributed by atoms with Crippen molar-refractivity contribution < 1.29 is 9.32 Å². The Kier molecular flexibility index (Phi) is 8.54. The van der Waals surface area contributed by atoms with Gasteiger partial charge in [-0.1, -0.05) is 5.16 Å². The van der Waals surface area contributed by atoms with Crippen molar-refractivity contribution in [3.63, 3.8) is 0 Å². The highest BCUT2D eigenvalue weighted by Crippen LogP contribution is 2.15. The molecular formula is C19H33IN6O2. The van der Waals surface area contributed by atoms with Gasteiger partial charge in [0.1, 0.15) is 5.76 Å². The Bertz CT molecular complexity index is 658. The highest BCUT2D eigenvalue weighted by atomic mass is 127. The van der Waals surface area contributed by atoms with E-state index in [4.69, 9.17) is 4.52 Å². The maximum atomic E-state index is 12.6. The van der Waals surface area contributed by atoms with Crippen molar-refractivity contribution in [3.8, 4) is 0 Å². The first kappa shape index (κ1) is 22.9. The van der Waals surface area contributed by atoms with Crippen molar-refractivity contribution in [2.45, 2.75) is 46.2 Å². The minimum atomic E-state index is -0.0393. The first-order valence-corrected chi connectivity index (χ1v) is 9.91. The predicted octanol–water partition coefficient (Wildman–Crippen LogP) is 1.61. The summed E-state index contributed by atoms with van der Waals surface area (Å²) in [6, 6.07) is -0.0393. The summed E-state index contributed by atoms with van der Waals surface area (Å²) < 4.78 is 5.23. The molecule has 0 radical (unpaired) electrons. The van der Waals surface area contributed by atoms with Crippen molar-refractivity contribution in [2.75, 3.05) is 46.3 Å². The van der Waals surface area contributed by atoms with E-state index in [9.17, 15) is 4.79 Å². The minimum Gasteiger partial charge on any atom is -0.361 e. The molecule has 2 fully saturated rings. The number of halogens is 1. The zero-order valence-electron chi connectivity index (χ0n) is 17.4. The fourth-order valence-corrected chi connectivity index (χ4v) is 3.93. The highest BCUT2D eigenvalue weighted by molar-refractivity contribution is 14.0. The van der Waals surface area contributed by atoms with Gasteiger partial charge in [-0.25, -0.2) is 0 Å². The molecule has 9 heteroatoms. The van der Waals surface area contributed by atoms with Gasteiger partial charge in [0.05, 0.1) is 11.7 Å². The Balaban J connectivity index is 0.00000280. The molecular weight excluding hydrogens is 471 g/mol. The third kappa shape index (κ3) is 5.16. The molecule has 0 bridgehead atoms. The molecule has 1 unspecified atom stereocenters. The average Bonchev–Trinajstić information content (AvgIpc) is 3.33. The second kappa shape index (κ2) is 10.4. The number of aromatic nitrogens is 1. The third-order valence-corrected chi connectivity index (χ3v) is 5.75. The summed E-state index contributed by atoms with van der Waals surface area (Å²) in [5.41, 5.74) is 1.99. The number of nitrogens with zero attached hydrogens (tertiary/aromatic N) is 5. The first-order chi connectivity index (χ1) is 13.0. The molecule has 0 aromatic carbocycles. The molecule has 3 heterocycles. The van der Waals surface area contributed by atoms with Crippen LogP contribution in [0.15, 0.2) is 9.52 Å². The van der Waals surface area contributed by atoms with Crippen LogP contribution in [0, 0.1) is 13.8 Å². The fourth-order valence-electron chi connectivity index (χ4n) is 3.93. The van der Waals surface area contributed by atoms with E-state index < -0.39 is 0 Å². The van der Waals surface area contributed by atoms with E-state index in [-0.39, 0.29) is 35.9 Å². The lowest BCUT2D eigenvalue weighted by atomic mass is 10.2. The summed E-state index contributed by atoms with van der Waals surface area (Å²) in [6.45, 7) is 11.9. The van der Waals surface area contributed by atoms with Gasteiger partial charge in [-0.05, 0) is 33.6 Å². The van der Waals surface area contributed by atoms with Crippen LogP contribution in [0.25, 0.3) is 0 Å². The summed E-state index contributed by atoms with van der Waals surface area (Å²) in [7, 11) is 1.81. The Morgan fingerprint density at radius 2 is 1.79 bits per heavy atom. The predicted molar refractivity (Wildman–Crippen MR) is 120 cm³/mol. The van der Waals surface area contributed by atoms with E-state index >= 15 is 0 Å². The van der Waals surface area contributed by atoms with Gasteiger partial charge in [0.2, 0.25) is 5.91 Å². The lowest BCUT2D eigenvalue weighted by Crippen LogP contribution is -2.57. The fraction of sp³-hybridized carbons (Fsp3) is 0.737. The van der Waals surface area contributed by atoms with E-state index in [1.165, 1.54) is 0 Å². The molecule has 1 amide bonds. The van der Waals surface area contributed by atoms with Gasteiger partial charge in [-0.2, -0.15) is 0 Å². The van der Waals surface area contributed by atoms with E-state index in [1.807, 2.05) is 32.7 Å². The summed E-state index contributed by atoms with van der Waals surface area (Å²) >= 11 is 0. The van der Waals surface area contributed by atoms with Gasteiger partial charge in [-0.3, -0.25) is 14.7 Å². The SMILES string of the molecule is CN=C(NCc1c(C)noc1C)N1CCN(C(C)C(=O)N2CCCC2)CC1.I. The zero-order valence-corrected chi connectivity index (χ0v) is 19.7. The van der Waals surface area contributed by atoms with E-state index in [1.54, 1.807) is 0 Å². The number of aliphatic imine (C=N–C) groups is 1. The summed E-state index contributed by atoms with van der Waals surface area (Å²) in [4.78, 5) is 23.6. The maximum Gasteiger partial charge on any atom is 0.239 e. The molecule has 2 aliphatic rings. The number of rotatable bonds is 4. The number of piperazine rings is 1. The van der Waals surface area contributed by atoms with Crippen LogP contribution in [0.5, 0.6) is 0 Å². The van der Waals surface area contributed by atoms with Gasteiger partial charge < -0.3 is 19.6 Å². The molecule has 1 aromatic rings. The quantitative estimate of drug-likeness (QED) is 0.382. The van der Waals surface area contributed by atoms with Crippen molar-refractivity contribution in [3.05, 3.63) is 17.0 Å². The van der Waals surface area contributed by atoms with Gasteiger partial charge in [-0.15, -0.1) is 24.0 Å². The number of nitrogens with one attached hydrogen (secondary N) is 1. The molecule has 1 atom stereocenters. The lowest BCUT2D eigenvalue weighted by Gasteiger charge is -2.39. The van der Waals surface area contributed by atoms with E-state index in [2.05, 4.69) is 25.3 Å². The molecule has 158 valence electrons. The van der Waals surface area contributed by atoms with Crippen LogP contribution < -0.4 is 5.32 Å². The Labute approximate surface area is 184 Å². The van der Waals surface area contributed by atoms with Crippen LogP contribution in [-0.4, -0.2) is 84.1 Å². The molecule has 1 aromatic heterocycles.